The van der Waals surface area contributed by atoms with Gasteiger partial charge in [-0.2, -0.15) is 0 Å². The summed E-state index contributed by atoms with van der Waals surface area (Å²) in [4.78, 5) is 18.6. The van der Waals surface area contributed by atoms with E-state index < -0.39 is 0 Å². The van der Waals surface area contributed by atoms with Crippen molar-refractivity contribution < 1.29 is 9.53 Å². The topological polar surface area (TPSA) is 51.2 Å². The summed E-state index contributed by atoms with van der Waals surface area (Å²) in [5.41, 5.74) is 5.32. The van der Waals surface area contributed by atoms with Crippen LogP contribution in [0.1, 0.15) is 34.5 Å². The maximum absolute atomic E-state index is 13.8. The van der Waals surface area contributed by atoms with Gasteiger partial charge in [0, 0.05) is 10.9 Å². The molecule has 1 aromatic heterocycles. The Morgan fingerprint density at radius 1 is 0.833 bits per heavy atom. The standard InChI is InChI=1S/C32H28N2O2/c1-2-36-26-19-17-25(18-20-26)31-22-28(27-15-9-10-16-29(27)33-31)32(35)34-30(24-13-7-4-8-14-24)21-23-11-5-3-6-12-23/h3-20,22,30H,2,21H2,1H3,(H,34,35). The third-order valence-electron chi connectivity index (χ3n) is 6.21. The molecule has 1 amide bonds. The molecule has 0 fully saturated rings. The van der Waals surface area contributed by atoms with Crippen molar-refractivity contribution in [1.29, 1.82) is 0 Å². The Balaban J connectivity index is 1.51. The highest BCUT2D eigenvalue weighted by Crippen LogP contribution is 2.27. The number of rotatable bonds is 8. The van der Waals surface area contributed by atoms with Crippen LogP contribution in [-0.2, 0) is 6.42 Å². The van der Waals surface area contributed by atoms with Gasteiger partial charge in [-0.3, -0.25) is 4.79 Å². The summed E-state index contributed by atoms with van der Waals surface area (Å²) < 4.78 is 5.58. The van der Waals surface area contributed by atoms with Gasteiger partial charge in [0.1, 0.15) is 5.75 Å². The van der Waals surface area contributed by atoms with Gasteiger partial charge in [0.25, 0.3) is 5.91 Å². The monoisotopic (exact) mass is 472 g/mol. The minimum Gasteiger partial charge on any atom is -0.494 e. The maximum Gasteiger partial charge on any atom is 0.252 e. The molecule has 1 unspecified atom stereocenters. The minimum absolute atomic E-state index is 0.120. The van der Waals surface area contributed by atoms with Gasteiger partial charge in [-0.05, 0) is 60.9 Å². The lowest BCUT2D eigenvalue weighted by Crippen LogP contribution is -2.30. The Hall–Kier alpha value is -4.44. The number of fused-ring (bicyclic) bond motifs is 1. The van der Waals surface area contributed by atoms with Crippen LogP contribution in [0.2, 0.25) is 0 Å². The highest BCUT2D eigenvalue weighted by molar-refractivity contribution is 6.07. The van der Waals surface area contributed by atoms with E-state index in [-0.39, 0.29) is 11.9 Å². The highest BCUT2D eigenvalue weighted by Gasteiger charge is 2.19. The molecule has 0 saturated heterocycles. The number of pyridine rings is 1. The average molecular weight is 473 g/mol. The SMILES string of the molecule is CCOc1ccc(-c2cc(C(=O)NC(Cc3ccccc3)c3ccccc3)c3ccccc3n2)cc1. The van der Waals surface area contributed by atoms with E-state index in [1.807, 2.05) is 97.9 Å². The molecule has 0 aliphatic heterocycles. The van der Waals surface area contributed by atoms with E-state index >= 15 is 0 Å². The van der Waals surface area contributed by atoms with E-state index in [4.69, 9.17) is 9.72 Å². The second-order valence-electron chi connectivity index (χ2n) is 8.66. The zero-order valence-corrected chi connectivity index (χ0v) is 20.2. The summed E-state index contributed by atoms with van der Waals surface area (Å²) in [6.45, 7) is 2.58. The Morgan fingerprint density at radius 2 is 1.50 bits per heavy atom. The number of hydrogen-bond acceptors (Lipinski definition) is 3. The number of carbonyl (C=O) groups is 1. The molecule has 4 aromatic carbocycles. The first-order chi connectivity index (χ1) is 17.7. The fourth-order valence-electron chi connectivity index (χ4n) is 4.42. The maximum atomic E-state index is 13.8. The summed E-state index contributed by atoms with van der Waals surface area (Å²) in [5.74, 6) is 0.692. The van der Waals surface area contributed by atoms with Gasteiger partial charge in [0.2, 0.25) is 0 Å². The molecule has 4 heteroatoms. The van der Waals surface area contributed by atoms with Crippen molar-refractivity contribution in [3.8, 4) is 17.0 Å². The zero-order chi connectivity index (χ0) is 24.7. The third kappa shape index (κ3) is 5.28. The summed E-state index contributed by atoms with van der Waals surface area (Å²) in [6, 6.07) is 37.7. The van der Waals surface area contributed by atoms with Crippen LogP contribution in [0.4, 0.5) is 0 Å². The molecule has 1 N–H and O–H groups in total. The van der Waals surface area contributed by atoms with Crippen molar-refractivity contribution in [3.63, 3.8) is 0 Å². The van der Waals surface area contributed by atoms with Crippen molar-refractivity contribution in [2.24, 2.45) is 0 Å². The van der Waals surface area contributed by atoms with Crippen LogP contribution in [0.3, 0.4) is 0 Å². The van der Waals surface area contributed by atoms with Crippen molar-refractivity contribution >= 4 is 16.8 Å². The predicted octanol–water partition coefficient (Wildman–Crippen LogP) is 7.01. The number of amides is 1. The molecule has 178 valence electrons. The first kappa shape index (κ1) is 23.3. The molecule has 1 atom stereocenters. The number of para-hydroxylation sites is 1. The quantitative estimate of drug-likeness (QED) is 0.264. The normalized spacial score (nSPS) is 11.7. The van der Waals surface area contributed by atoms with Gasteiger partial charge in [-0.1, -0.05) is 78.9 Å². The van der Waals surface area contributed by atoms with E-state index in [2.05, 4.69) is 29.6 Å². The molecular weight excluding hydrogens is 444 g/mol. The van der Waals surface area contributed by atoms with Gasteiger partial charge < -0.3 is 10.1 Å². The van der Waals surface area contributed by atoms with E-state index in [1.54, 1.807) is 0 Å². The molecule has 0 radical (unpaired) electrons. The van der Waals surface area contributed by atoms with Gasteiger partial charge in [-0.15, -0.1) is 0 Å². The van der Waals surface area contributed by atoms with Crippen molar-refractivity contribution in [3.05, 3.63) is 132 Å². The number of ether oxygens (including phenoxy) is 1. The van der Waals surface area contributed by atoms with Gasteiger partial charge in [-0.25, -0.2) is 4.98 Å². The van der Waals surface area contributed by atoms with Crippen molar-refractivity contribution in [2.75, 3.05) is 6.61 Å². The Morgan fingerprint density at radius 3 is 2.22 bits per heavy atom. The van der Waals surface area contributed by atoms with Crippen LogP contribution >= 0.6 is 0 Å². The second-order valence-corrected chi connectivity index (χ2v) is 8.66. The van der Waals surface area contributed by atoms with E-state index in [0.717, 1.165) is 33.5 Å². The summed E-state index contributed by atoms with van der Waals surface area (Å²) in [5, 5.41) is 4.14. The number of benzene rings is 4. The first-order valence-corrected chi connectivity index (χ1v) is 12.2. The molecule has 5 rings (SSSR count). The van der Waals surface area contributed by atoms with Crippen LogP contribution in [0.25, 0.3) is 22.2 Å². The third-order valence-corrected chi connectivity index (χ3v) is 6.21. The van der Waals surface area contributed by atoms with E-state index in [1.165, 1.54) is 5.56 Å². The van der Waals surface area contributed by atoms with Crippen LogP contribution in [-0.4, -0.2) is 17.5 Å². The van der Waals surface area contributed by atoms with Crippen LogP contribution in [0, 0.1) is 0 Å². The number of carbonyl (C=O) groups excluding carboxylic acids is 1. The second kappa shape index (κ2) is 10.9. The Bertz CT molecular complexity index is 1450. The van der Waals surface area contributed by atoms with Crippen molar-refractivity contribution in [1.82, 2.24) is 10.3 Å². The number of nitrogens with one attached hydrogen (secondary N) is 1. The molecule has 0 spiro atoms. The van der Waals surface area contributed by atoms with Crippen molar-refractivity contribution in [2.45, 2.75) is 19.4 Å². The minimum atomic E-state index is -0.165. The zero-order valence-electron chi connectivity index (χ0n) is 20.2. The van der Waals surface area contributed by atoms with Crippen LogP contribution in [0.15, 0.2) is 115 Å². The molecule has 0 bridgehead atoms. The first-order valence-electron chi connectivity index (χ1n) is 12.2. The van der Waals surface area contributed by atoms with Gasteiger partial charge in [0.15, 0.2) is 0 Å². The molecular formula is C32H28N2O2. The lowest BCUT2D eigenvalue weighted by Gasteiger charge is -2.20. The smallest absolute Gasteiger partial charge is 0.252 e. The molecule has 0 saturated carbocycles. The predicted molar refractivity (Wildman–Crippen MR) is 145 cm³/mol. The van der Waals surface area contributed by atoms with Crippen LogP contribution < -0.4 is 10.1 Å². The Kier molecular flexibility index (Phi) is 7.04. The van der Waals surface area contributed by atoms with Crippen LogP contribution in [0.5, 0.6) is 5.75 Å². The van der Waals surface area contributed by atoms with E-state index in [9.17, 15) is 4.79 Å². The summed E-state index contributed by atoms with van der Waals surface area (Å²) in [7, 11) is 0. The highest BCUT2D eigenvalue weighted by atomic mass is 16.5. The number of aromatic nitrogens is 1. The van der Waals surface area contributed by atoms with Gasteiger partial charge >= 0.3 is 0 Å². The lowest BCUT2D eigenvalue weighted by atomic mass is 9.97. The molecule has 0 aliphatic carbocycles. The summed E-state index contributed by atoms with van der Waals surface area (Å²) >= 11 is 0. The molecule has 36 heavy (non-hydrogen) atoms. The van der Waals surface area contributed by atoms with E-state index in [0.29, 0.717) is 18.6 Å². The molecule has 0 aliphatic rings. The fraction of sp³-hybridized carbons (Fsp3) is 0.125. The number of nitrogens with zero attached hydrogens (tertiary/aromatic N) is 1. The number of hydrogen-bond donors (Lipinski definition) is 1. The average Bonchev–Trinajstić information content (AvgIpc) is 2.93. The fourth-order valence-corrected chi connectivity index (χ4v) is 4.42. The lowest BCUT2D eigenvalue weighted by molar-refractivity contribution is 0.0938. The Labute approximate surface area is 211 Å². The molecule has 1 heterocycles. The summed E-state index contributed by atoms with van der Waals surface area (Å²) in [6.07, 6.45) is 0.700. The van der Waals surface area contributed by atoms with Gasteiger partial charge in [0.05, 0.1) is 29.4 Å². The largest absolute Gasteiger partial charge is 0.494 e. The molecule has 4 nitrogen and oxygen atoms in total. The molecule has 5 aromatic rings.